The third kappa shape index (κ3) is 1.31. The van der Waals surface area contributed by atoms with E-state index in [0.717, 1.165) is 38.9 Å². The Kier molecular flexibility index (Phi) is 1.89. The topological polar surface area (TPSA) is 44.8 Å². The zero-order valence-electron chi connectivity index (χ0n) is 8.95. The third-order valence-corrected chi connectivity index (χ3v) is 4.00. The highest BCUT2D eigenvalue weighted by Gasteiger charge is 2.64. The van der Waals surface area contributed by atoms with E-state index in [4.69, 9.17) is 14.2 Å². The van der Waals surface area contributed by atoms with Crippen LogP contribution in [0.15, 0.2) is 0 Å². The van der Waals surface area contributed by atoms with Gasteiger partial charge in [-0.2, -0.15) is 0 Å². The number of ether oxygens (including phenoxy) is 3. The Hall–Kier alpha value is -0.610. The summed E-state index contributed by atoms with van der Waals surface area (Å²) >= 11 is 0. The van der Waals surface area contributed by atoms with Crippen molar-refractivity contribution < 1.29 is 19.0 Å². The second-order valence-electron chi connectivity index (χ2n) is 5.09. The molecule has 0 N–H and O–H groups in total. The molecule has 0 unspecified atom stereocenters. The van der Waals surface area contributed by atoms with E-state index in [-0.39, 0.29) is 17.7 Å². The molecule has 4 heteroatoms. The maximum Gasteiger partial charge on any atom is 0.308 e. The van der Waals surface area contributed by atoms with E-state index in [1.807, 2.05) is 0 Å². The smallest absolute Gasteiger partial charge is 0.308 e. The summed E-state index contributed by atoms with van der Waals surface area (Å²) in [7, 11) is 1.46. The molecule has 0 bridgehead atoms. The molecule has 0 aromatic heterocycles. The zero-order valence-corrected chi connectivity index (χ0v) is 8.95. The Morgan fingerprint density at radius 2 is 1.87 bits per heavy atom. The maximum atomic E-state index is 11.2. The summed E-state index contributed by atoms with van der Waals surface area (Å²) in [6.07, 6.45) is 3.84. The summed E-state index contributed by atoms with van der Waals surface area (Å²) in [6.45, 7) is 1.44. The van der Waals surface area contributed by atoms with Crippen LogP contribution >= 0.6 is 0 Å². The molecular formula is C11H16O4. The van der Waals surface area contributed by atoms with Crippen LogP contribution in [-0.4, -0.2) is 32.1 Å². The molecule has 1 heterocycles. The molecule has 3 rings (SSSR count). The van der Waals surface area contributed by atoms with Gasteiger partial charge in [0.25, 0.3) is 0 Å². The van der Waals surface area contributed by atoms with Gasteiger partial charge in [0.2, 0.25) is 0 Å². The molecule has 0 aromatic carbocycles. The standard InChI is InChI=1S/C11H16O4/c1-13-9(12)8-4-10(5-8)6-11(7-10)14-2-3-15-11/h8H,2-7H2,1H3. The Bertz CT molecular complexity index is 277. The minimum absolute atomic E-state index is 0.0603. The van der Waals surface area contributed by atoms with Gasteiger partial charge in [-0.25, -0.2) is 0 Å². The highest BCUT2D eigenvalue weighted by atomic mass is 16.7. The molecule has 2 saturated carbocycles. The van der Waals surface area contributed by atoms with Gasteiger partial charge in [-0.05, 0) is 18.3 Å². The fourth-order valence-corrected chi connectivity index (χ4v) is 3.40. The first-order valence-electron chi connectivity index (χ1n) is 5.53. The average molecular weight is 212 g/mol. The maximum absolute atomic E-state index is 11.2. The van der Waals surface area contributed by atoms with Crippen molar-refractivity contribution in [3.8, 4) is 0 Å². The van der Waals surface area contributed by atoms with Crippen molar-refractivity contribution in [1.82, 2.24) is 0 Å². The molecule has 0 amide bonds. The molecule has 3 fully saturated rings. The van der Waals surface area contributed by atoms with Gasteiger partial charge in [-0.1, -0.05) is 0 Å². The van der Waals surface area contributed by atoms with Crippen molar-refractivity contribution >= 4 is 5.97 Å². The highest BCUT2D eigenvalue weighted by molar-refractivity contribution is 5.73. The largest absolute Gasteiger partial charge is 0.469 e. The van der Waals surface area contributed by atoms with Crippen molar-refractivity contribution in [2.24, 2.45) is 11.3 Å². The van der Waals surface area contributed by atoms with Crippen LogP contribution in [0.25, 0.3) is 0 Å². The van der Waals surface area contributed by atoms with Crippen molar-refractivity contribution in [2.75, 3.05) is 20.3 Å². The summed E-state index contributed by atoms with van der Waals surface area (Å²) in [5.74, 6) is -0.218. The number of carbonyl (C=O) groups excluding carboxylic acids is 1. The summed E-state index contributed by atoms with van der Waals surface area (Å²) in [5.41, 5.74) is 0.323. The van der Waals surface area contributed by atoms with E-state index in [2.05, 4.69) is 0 Å². The second-order valence-corrected chi connectivity index (χ2v) is 5.09. The Balaban J connectivity index is 1.54. The van der Waals surface area contributed by atoms with E-state index in [1.54, 1.807) is 0 Å². The molecule has 0 radical (unpaired) electrons. The molecule has 4 nitrogen and oxygen atoms in total. The lowest BCUT2D eigenvalue weighted by Crippen LogP contribution is -2.59. The number of carbonyl (C=O) groups is 1. The highest BCUT2D eigenvalue weighted by Crippen LogP contribution is 2.64. The number of hydrogen-bond donors (Lipinski definition) is 0. The first-order chi connectivity index (χ1) is 7.17. The van der Waals surface area contributed by atoms with Crippen LogP contribution in [0.5, 0.6) is 0 Å². The molecule has 84 valence electrons. The van der Waals surface area contributed by atoms with E-state index in [1.165, 1.54) is 7.11 Å². The summed E-state index contributed by atoms with van der Waals surface area (Å²) in [5, 5.41) is 0. The lowest BCUT2D eigenvalue weighted by molar-refractivity contribution is -0.287. The van der Waals surface area contributed by atoms with Crippen LogP contribution in [0.1, 0.15) is 25.7 Å². The first-order valence-corrected chi connectivity index (χ1v) is 5.53. The number of methoxy groups -OCH3 is 1. The molecule has 0 atom stereocenters. The van der Waals surface area contributed by atoms with Gasteiger partial charge in [0, 0.05) is 12.8 Å². The van der Waals surface area contributed by atoms with E-state index in [0.29, 0.717) is 5.41 Å². The number of esters is 1. The molecule has 2 spiro atoms. The summed E-state index contributed by atoms with van der Waals surface area (Å²) < 4.78 is 15.9. The predicted molar refractivity (Wildman–Crippen MR) is 51.0 cm³/mol. The molecule has 3 aliphatic rings. The minimum Gasteiger partial charge on any atom is -0.469 e. The van der Waals surface area contributed by atoms with Crippen molar-refractivity contribution in [3.05, 3.63) is 0 Å². The zero-order chi connectivity index (χ0) is 10.5. The Labute approximate surface area is 88.9 Å². The SMILES string of the molecule is COC(=O)C1CC2(C1)CC1(C2)OCCO1. The lowest BCUT2D eigenvalue weighted by Gasteiger charge is -2.60. The normalized spacial score (nSPS) is 31.3. The monoisotopic (exact) mass is 212 g/mol. The summed E-state index contributed by atoms with van der Waals surface area (Å²) in [6, 6.07) is 0. The Morgan fingerprint density at radius 1 is 1.27 bits per heavy atom. The van der Waals surface area contributed by atoms with Crippen molar-refractivity contribution in [3.63, 3.8) is 0 Å². The van der Waals surface area contributed by atoms with Gasteiger partial charge >= 0.3 is 5.97 Å². The second kappa shape index (κ2) is 2.95. The third-order valence-electron chi connectivity index (χ3n) is 4.00. The lowest BCUT2D eigenvalue weighted by atomic mass is 9.49. The molecule has 15 heavy (non-hydrogen) atoms. The van der Waals surface area contributed by atoms with E-state index in [9.17, 15) is 4.79 Å². The van der Waals surface area contributed by atoms with Crippen LogP contribution in [0.2, 0.25) is 0 Å². The van der Waals surface area contributed by atoms with Crippen molar-refractivity contribution in [2.45, 2.75) is 31.5 Å². The minimum atomic E-state index is -0.277. The van der Waals surface area contributed by atoms with Crippen LogP contribution in [0.3, 0.4) is 0 Å². The van der Waals surface area contributed by atoms with Crippen LogP contribution in [0, 0.1) is 11.3 Å². The van der Waals surface area contributed by atoms with Gasteiger partial charge in [0.1, 0.15) is 0 Å². The van der Waals surface area contributed by atoms with E-state index >= 15 is 0 Å². The fourth-order valence-electron chi connectivity index (χ4n) is 3.40. The molecule has 1 aliphatic heterocycles. The predicted octanol–water partition coefficient (Wildman–Crippen LogP) is 1.09. The Morgan fingerprint density at radius 3 is 2.40 bits per heavy atom. The fraction of sp³-hybridized carbons (Fsp3) is 0.909. The molecule has 1 saturated heterocycles. The van der Waals surface area contributed by atoms with Gasteiger partial charge < -0.3 is 14.2 Å². The van der Waals surface area contributed by atoms with Crippen LogP contribution in [-0.2, 0) is 19.0 Å². The van der Waals surface area contributed by atoms with Gasteiger partial charge in [0.15, 0.2) is 5.79 Å². The quantitative estimate of drug-likeness (QED) is 0.610. The molecular weight excluding hydrogens is 196 g/mol. The van der Waals surface area contributed by atoms with Gasteiger partial charge in [-0.3, -0.25) is 4.79 Å². The van der Waals surface area contributed by atoms with Gasteiger partial charge in [-0.15, -0.1) is 0 Å². The van der Waals surface area contributed by atoms with Gasteiger partial charge in [0.05, 0.1) is 26.2 Å². The average Bonchev–Trinajstić information content (AvgIpc) is 2.58. The van der Waals surface area contributed by atoms with Crippen molar-refractivity contribution in [1.29, 1.82) is 0 Å². The van der Waals surface area contributed by atoms with E-state index < -0.39 is 0 Å². The number of rotatable bonds is 1. The first kappa shape index (κ1) is 9.60. The molecule has 0 aromatic rings. The summed E-state index contributed by atoms with van der Waals surface area (Å²) in [4.78, 5) is 11.2. The number of hydrogen-bond acceptors (Lipinski definition) is 4. The van der Waals surface area contributed by atoms with Crippen LogP contribution in [0.4, 0.5) is 0 Å². The molecule has 2 aliphatic carbocycles. The van der Waals surface area contributed by atoms with Crippen LogP contribution < -0.4 is 0 Å².